The van der Waals surface area contributed by atoms with E-state index >= 15 is 0 Å². The number of alkyl halides is 3. The number of nitrogens with one attached hydrogen (secondary N) is 2. The van der Waals surface area contributed by atoms with E-state index in [1.54, 1.807) is 13.0 Å². The van der Waals surface area contributed by atoms with Gasteiger partial charge in [-0.3, -0.25) is 4.79 Å². The molecule has 4 nitrogen and oxygen atoms in total. The summed E-state index contributed by atoms with van der Waals surface area (Å²) in [4.78, 5) is 11.8. The maximum Gasteiger partial charge on any atom is 0.573 e. The molecule has 0 saturated heterocycles. The predicted molar refractivity (Wildman–Crippen MR) is 67.4 cm³/mol. The van der Waals surface area contributed by atoms with Crippen LogP contribution in [0, 0.1) is 0 Å². The van der Waals surface area contributed by atoms with Crippen LogP contribution < -0.4 is 15.4 Å². The molecule has 1 aromatic rings. The molecule has 0 spiro atoms. The predicted octanol–water partition coefficient (Wildman–Crippen LogP) is 2.66. The van der Waals surface area contributed by atoms with Gasteiger partial charge < -0.3 is 15.4 Å². The number of carbonyl (C=O) groups is 1. The molecule has 1 atom stereocenters. The Labute approximate surface area is 114 Å². The summed E-state index contributed by atoms with van der Waals surface area (Å²) in [6, 6.07) is 5.18. The van der Waals surface area contributed by atoms with Gasteiger partial charge in [-0.25, -0.2) is 0 Å². The fraction of sp³-hybridized carbons (Fsp3) is 0.462. The zero-order valence-electron chi connectivity index (χ0n) is 10.8. The molecule has 0 radical (unpaired) electrons. The summed E-state index contributed by atoms with van der Waals surface area (Å²) >= 11 is 0. The summed E-state index contributed by atoms with van der Waals surface area (Å²) in [5, 5.41) is 5.51. The molecule has 2 N–H and O–H groups in total. The largest absolute Gasteiger partial charge is 0.573 e. The van der Waals surface area contributed by atoms with Crippen LogP contribution in [0.4, 0.5) is 18.9 Å². The van der Waals surface area contributed by atoms with Crippen LogP contribution in [0.25, 0.3) is 0 Å². The Morgan fingerprint density at radius 1 is 1.35 bits per heavy atom. The third-order valence-electron chi connectivity index (χ3n) is 2.80. The molecule has 1 unspecified atom stereocenters. The van der Waals surface area contributed by atoms with Crippen molar-refractivity contribution < 1.29 is 22.7 Å². The zero-order valence-corrected chi connectivity index (χ0v) is 10.8. The first-order chi connectivity index (χ1) is 9.35. The van der Waals surface area contributed by atoms with Gasteiger partial charge in [0.15, 0.2) is 5.75 Å². The average Bonchev–Trinajstić information content (AvgIpc) is 3.13. The van der Waals surface area contributed by atoms with Crippen molar-refractivity contribution in [2.45, 2.75) is 38.2 Å². The van der Waals surface area contributed by atoms with E-state index in [0.29, 0.717) is 0 Å². The van der Waals surface area contributed by atoms with E-state index in [0.717, 1.165) is 12.8 Å². The number of carbonyl (C=O) groups excluding carboxylic acids is 1. The highest BCUT2D eigenvalue weighted by atomic mass is 19.4. The summed E-state index contributed by atoms with van der Waals surface area (Å²) in [6.07, 6.45) is -2.87. The minimum Gasteiger partial charge on any atom is -0.404 e. The molecule has 2 rings (SSSR count). The van der Waals surface area contributed by atoms with Gasteiger partial charge >= 0.3 is 6.36 Å². The monoisotopic (exact) mass is 288 g/mol. The second-order valence-corrected chi connectivity index (χ2v) is 4.69. The molecule has 1 fully saturated rings. The van der Waals surface area contributed by atoms with Gasteiger partial charge in [-0.05, 0) is 31.9 Å². The SMILES string of the molecule is CC(Nc1ccccc1OC(F)(F)F)C(=O)NC1CC1. The van der Waals surface area contributed by atoms with Crippen molar-refractivity contribution in [3.05, 3.63) is 24.3 Å². The number of rotatable bonds is 5. The van der Waals surface area contributed by atoms with Crippen molar-refractivity contribution in [3.63, 3.8) is 0 Å². The van der Waals surface area contributed by atoms with Crippen molar-refractivity contribution in [2.75, 3.05) is 5.32 Å². The van der Waals surface area contributed by atoms with Crippen molar-refractivity contribution in [1.82, 2.24) is 5.32 Å². The van der Waals surface area contributed by atoms with Crippen LogP contribution in [0.5, 0.6) is 5.75 Å². The van der Waals surface area contributed by atoms with E-state index in [9.17, 15) is 18.0 Å². The van der Waals surface area contributed by atoms with Gasteiger partial charge in [0.2, 0.25) is 5.91 Å². The topological polar surface area (TPSA) is 50.4 Å². The zero-order chi connectivity index (χ0) is 14.8. The third kappa shape index (κ3) is 4.32. The van der Waals surface area contributed by atoms with E-state index < -0.39 is 12.4 Å². The summed E-state index contributed by atoms with van der Waals surface area (Å²) in [6.45, 7) is 1.59. The lowest BCUT2D eigenvalue weighted by Gasteiger charge is -2.18. The Morgan fingerprint density at radius 2 is 2.00 bits per heavy atom. The van der Waals surface area contributed by atoms with Gasteiger partial charge in [0, 0.05) is 6.04 Å². The lowest BCUT2D eigenvalue weighted by molar-refractivity contribution is -0.274. The van der Waals surface area contributed by atoms with Crippen molar-refractivity contribution in [2.24, 2.45) is 0 Å². The molecule has 1 aliphatic rings. The molecule has 0 bridgehead atoms. The second-order valence-electron chi connectivity index (χ2n) is 4.69. The van der Waals surface area contributed by atoms with E-state index in [-0.39, 0.29) is 23.4 Å². The highest BCUT2D eigenvalue weighted by Gasteiger charge is 2.32. The number of anilines is 1. The van der Waals surface area contributed by atoms with E-state index in [1.165, 1.54) is 18.2 Å². The van der Waals surface area contributed by atoms with Crippen LogP contribution >= 0.6 is 0 Å². The standard InChI is InChI=1S/C13H15F3N2O2/c1-8(12(19)18-9-6-7-9)17-10-4-2-3-5-11(10)20-13(14,15)16/h2-5,8-9,17H,6-7H2,1H3,(H,18,19). The van der Waals surface area contributed by atoms with Crippen LogP contribution in [0.2, 0.25) is 0 Å². The number of benzene rings is 1. The lowest BCUT2D eigenvalue weighted by Crippen LogP contribution is -2.38. The maximum absolute atomic E-state index is 12.3. The maximum atomic E-state index is 12.3. The molecule has 0 aromatic heterocycles. The highest BCUT2D eigenvalue weighted by molar-refractivity contribution is 5.85. The lowest BCUT2D eigenvalue weighted by atomic mass is 10.2. The van der Waals surface area contributed by atoms with Gasteiger partial charge in [0.1, 0.15) is 6.04 Å². The molecule has 0 heterocycles. The van der Waals surface area contributed by atoms with E-state index in [1.807, 2.05) is 0 Å². The minimum atomic E-state index is -4.77. The Morgan fingerprint density at radius 3 is 2.60 bits per heavy atom. The smallest absolute Gasteiger partial charge is 0.404 e. The van der Waals surface area contributed by atoms with Crippen molar-refractivity contribution in [1.29, 1.82) is 0 Å². The second kappa shape index (κ2) is 5.60. The van der Waals surface area contributed by atoms with E-state index in [4.69, 9.17) is 0 Å². The Hall–Kier alpha value is -1.92. The average molecular weight is 288 g/mol. The molecule has 110 valence electrons. The summed E-state index contributed by atoms with van der Waals surface area (Å²) < 4.78 is 40.7. The molecule has 0 aliphatic heterocycles. The number of para-hydroxylation sites is 2. The molecular formula is C13H15F3N2O2. The first-order valence-electron chi connectivity index (χ1n) is 6.27. The molecule has 1 saturated carbocycles. The minimum absolute atomic E-state index is 0.128. The molecule has 1 aromatic carbocycles. The number of amides is 1. The van der Waals surface area contributed by atoms with E-state index in [2.05, 4.69) is 15.4 Å². The number of hydrogen-bond acceptors (Lipinski definition) is 3. The molecule has 1 amide bonds. The van der Waals surface area contributed by atoms with Gasteiger partial charge in [-0.2, -0.15) is 0 Å². The third-order valence-corrected chi connectivity index (χ3v) is 2.80. The first-order valence-corrected chi connectivity index (χ1v) is 6.27. The van der Waals surface area contributed by atoms with Gasteiger partial charge in [0.25, 0.3) is 0 Å². The molecule has 7 heteroatoms. The quantitative estimate of drug-likeness (QED) is 0.875. The Kier molecular flexibility index (Phi) is 4.06. The highest BCUT2D eigenvalue weighted by Crippen LogP contribution is 2.30. The summed E-state index contributed by atoms with van der Waals surface area (Å²) in [7, 11) is 0. The van der Waals surface area contributed by atoms with Crippen molar-refractivity contribution >= 4 is 11.6 Å². The fourth-order valence-corrected chi connectivity index (χ4v) is 1.65. The normalized spacial score (nSPS) is 16.4. The van der Waals surface area contributed by atoms with Crippen LogP contribution in [0.3, 0.4) is 0 Å². The fourth-order valence-electron chi connectivity index (χ4n) is 1.65. The van der Waals surface area contributed by atoms with Gasteiger partial charge in [0.05, 0.1) is 5.69 Å². The van der Waals surface area contributed by atoms with Crippen LogP contribution in [-0.4, -0.2) is 24.4 Å². The molecular weight excluding hydrogens is 273 g/mol. The van der Waals surface area contributed by atoms with Crippen LogP contribution in [0.1, 0.15) is 19.8 Å². The van der Waals surface area contributed by atoms with Crippen molar-refractivity contribution in [3.8, 4) is 5.75 Å². The Balaban J connectivity index is 2.02. The first kappa shape index (κ1) is 14.5. The van der Waals surface area contributed by atoms with Gasteiger partial charge in [-0.1, -0.05) is 12.1 Å². The van der Waals surface area contributed by atoms with Gasteiger partial charge in [-0.15, -0.1) is 13.2 Å². The Bertz CT molecular complexity index is 487. The molecule has 1 aliphatic carbocycles. The number of hydrogen-bond donors (Lipinski definition) is 2. The summed E-state index contributed by atoms with van der Waals surface area (Å²) in [5.74, 6) is -0.597. The number of halogens is 3. The summed E-state index contributed by atoms with van der Waals surface area (Å²) in [5.41, 5.74) is 0.128. The number of ether oxygens (including phenoxy) is 1. The molecule has 20 heavy (non-hydrogen) atoms. The van der Waals surface area contributed by atoms with Crippen LogP contribution in [0.15, 0.2) is 24.3 Å². The van der Waals surface area contributed by atoms with Crippen LogP contribution in [-0.2, 0) is 4.79 Å².